The number of halogens is 3. The molecule has 0 bridgehead atoms. The van der Waals surface area contributed by atoms with Crippen LogP contribution in [0, 0.1) is 0 Å². The van der Waals surface area contributed by atoms with E-state index in [4.69, 9.17) is 44.0 Å². The van der Waals surface area contributed by atoms with Gasteiger partial charge in [0, 0.05) is 28.7 Å². The normalized spacial score (nSPS) is 22.9. The summed E-state index contributed by atoms with van der Waals surface area (Å²) in [7, 11) is 0. The van der Waals surface area contributed by atoms with Gasteiger partial charge in [-0.1, -0.05) is 34.8 Å². The number of ether oxygens (including phenoxy) is 1. The van der Waals surface area contributed by atoms with Crippen molar-refractivity contribution < 1.29 is 19.4 Å². The topological polar surface area (TPSA) is 88.1 Å². The summed E-state index contributed by atoms with van der Waals surface area (Å²) < 4.78 is 12.1. The summed E-state index contributed by atoms with van der Waals surface area (Å²) in [6.07, 6.45) is 1.55. The van der Waals surface area contributed by atoms with Crippen molar-refractivity contribution in [2.75, 3.05) is 13.1 Å². The lowest BCUT2D eigenvalue weighted by Crippen LogP contribution is -2.39. The lowest BCUT2D eigenvalue weighted by Gasteiger charge is -2.30. The van der Waals surface area contributed by atoms with Crippen molar-refractivity contribution in [3.63, 3.8) is 0 Å². The summed E-state index contributed by atoms with van der Waals surface area (Å²) in [5, 5.41) is 21.3. The molecule has 0 saturated carbocycles. The van der Waals surface area contributed by atoms with Gasteiger partial charge in [0.1, 0.15) is 11.9 Å². The average molecular weight is 498 g/mol. The predicted molar refractivity (Wildman–Crippen MR) is 120 cm³/mol. The Morgan fingerprint density at radius 3 is 2.59 bits per heavy atom. The van der Waals surface area contributed by atoms with E-state index in [-0.39, 0.29) is 23.0 Å². The van der Waals surface area contributed by atoms with Crippen molar-refractivity contribution in [1.29, 1.82) is 0 Å². The Morgan fingerprint density at radius 1 is 1.12 bits per heavy atom. The first-order valence-corrected chi connectivity index (χ1v) is 11.2. The average Bonchev–Trinajstić information content (AvgIpc) is 3.41. The molecule has 10 heteroatoms. The van der Waals surface area contributed by atoms with Crippen LogP contribution in [0.4, 0.5) is 0 Å². The van der Waals surface area contributed by atoms with Crippen LogP contribution in [0.15, 0.2) is 45.8 Å². The van der Waals surface area contributed by atoms with E-state index in [9.17, 15) is 15.0 Å². The van der Waals surface area contributed by atoms with E-state index in [2.05, 4.69) is 4.90 Å². The number of fused-ring (bicyclic) bond motifs is 1. The maximum absolute atomic E-state index is 11.8. The second-order valence-corrected chi connectivity index (χ2v) is 9.26. The van der Waals surface area contributed by atoms with Gasteiger partial charge < -0.3 is 19.4 Å². The number of aliphatic hydroxyl groups excluding tert-OH is 1. The van der Waals surface area contributed by atoms with Crippen molar-refractivity contribution in [3.8, 4) is 17.3 Å². The van der Waals surface area contributed by atoms with Crippen molar-refractivity contribution in [3.05, 3.63) is 73.3 Å². The zero-order valence-corrected chi connectivity index (χ0v) is 18.9. The van der Waals surface area contributed by atoms with Gasteiger partial charge in [-0.25, -0.2) is 9.36 Å². The molecule has 1 aromatic heterocycles. The van der Waals surface area contributed by atoms with Gasteiger partial charge in [0.05, 0.1) is 22.9 Å². The molecule has 2 aliphatic rings. The molecule has 1 aliphatic carbocycles. The van der Waals surface area contributed by atoms with Crippen LogP contribution in [0.5, 0.6) is 11.6 Å². The molecule has 1 aliphatic heterocycles. The Balaban J connectivity index is 1.50. The van der Waals surface area contributed by atoms with E-state index in [0.717, 1.165) is 28.5 Å². The largest absolute Gasteiger partial charge is 0.492 e. The van der Waals surface area contributed by atoms with Crippen LogP contribution in [-0.2, 0) is 6.42 Å². The van der Waals surface area contributed by atoms with Gasteiger partial charge in [-0.05, 0) is 48.7 Å². The summed E-state index contributed by atoms with van der Waals surface area (Å²) in [6, 6.07) is 8.28. The number of hydrogen-bond donors (Lipinski definition) is 2. The lowest BCUT2D eigenvalue weighted by atomic mass is 10.1. The van der Waals surface area contributed by atoms with Crippen LogP contribution in [0.1, 0.15) is 23.7 Å². The SMILES string of the molecule is O=c1occ(O)n1-c1ccc(O[C@H]2c3cc(Cl)cc(Cl)c3C[C@@H]2N2CC[C@@H](O)C2)c(Cl)c1. The first-order chi connectivity index (χ1) is 15.3. The zero-order valence-electron chi connectivity index (χ0n) is 16.7. The Hall–Kier alpha value is -2.16. The van der Waals surface area contributed by atoms with Crippen LogP contribution in [-0.4, -0.2) is 44.9 Å². The van der Waals surface area contributed by atoms with Crippen LogP contribution >= 0.6 is 34.8 Å². The molecule has 32 heavy (non-hydrogen) atoms. The van der Waals surface area contributed by atoms with Crippen molar-refractivity contribution in [2.24, 2.45) is 0 Å². The minimum absolute atomic E-state index is 0.0469. The Labute approximate surface area is 198 Å². The molecule has 2 N–H and O–H groups in total. The summed E-state index contributed by atoms with van der Waals surface area (Å²) >= 11 is 19.3. The number of aromatic nitrogens is 1. The highest BCUT2D eigenvalue weighted by Gasteiger charge is 2.41. The highest BCUT2D eigenvalue weighted by atomic mass is 35.5. The van der Waals surface area contributed by atoms with E-state index < -0.39 is 11.9 Å². The molecule has 0 radical (unpaired) electrons. The van der Waals surface area contributed by atoms with E-state index in [1.807, 2.05) is 6.07 Å². The van der Waals surface area contributed by atoms with E-state index in [1.165, 1.54) is 6.07 Å². The molecular formula is C22H19Cl3N2O5. The molecule has 0 amide bonds. The van der Waals surface area contributed by atoms with Crippen LogP contribution < -0.4 is 10.5 Å². The standard InChI is InChI=1S/C22H19Cl3N2O5/c23-11-5-15-14(16(24)6-11)8-18(26-4-3-13(28)9-26)21(15)32-19-2-1-12(7-17(19)25)27-20(29)10-31-22(27)30/h1-2,5-7,10,13,18,21,28-29H,3-4,8-9H2/t13-,18+,21+/m1/s1. The monoisotopic (exact) mass is 496 g/mol. The van der Waals surface area contributed by atoms with Gasteiger partial charge in [-0.2, -0.15) is 0 Å². The number of aliphatic hydroxyl groups is 1. The molecule has 1 fully saturated rings. The molecule has 3 aromatic rings. The predicted octanol–water partition coefficient (Wildman–Crippen LogP) is 4.21. The van der Waals surface area contributed by atoms with Gasteiger partial charge in [-0.15, -0.1) is 0 Å². The third-order valence-corrected chi connectivity index (χ3v) is 6.88. The molecule has 2 heterocycles. The smallest absolute Gasteiger partial charge is 0.426 e. The fourth-order valence-electron chi connectivity index (χ4n) is 4.55. The maximum Gasteiger partial charge on any atom is 0.426 e. The van der Waals surface area contributed by atoms with Gasteiger partial charge in [0.25, 0.3) is 0 Å². The number of benzene rings is 2. The molecule has 7 nitrogen and oxygen atoms in total. The van der Waals surface area contributed by atoms with Crippen LogP contribution in [0.2, 0.25) is 15.1 Å². The Kier molecular flexibility index (Phi) is 5.63. The fourth-order valence-corrected chi connectivity index (χ4v) is 5.35. The third kappa shape index (κ3) is 3.78. The lowest BCUT2D eigenvalue weighted by molar-refractivity contribution is 0.0819. The highest BCUT2D eigenvalue weighted by molar-refractivity contribution is 6.35. The summed E-state index contributed by atoms with van der Waals surface area (Å²) in [5.41, 5.74) is 2.20. The van der Waals surface area contributed by atoms with Crippen LogP contribution in [0.3, 0.4) is 0 Å². The minimum Gasteiger partial charge on any atom is -0.492 e. The highest BCUT2D eigenvalue weighted by Crippen LogP contribution is 2.44. The minimum atomic E-state index is -0.728. The molecule has 5 rings (SSSR count). The van der Waals surface area contributed by atoms with Crippen molar-refractivity contribution in [2.45, 2.75) is 31.1 Å². The number of nitrogens with zero attached hydrogens (tertiary/aromatic N) is 2. The molecule has 0 spiro atoms. The number of hydrogen-bond acceptors (Lipinski definition) is 6. The van der Waals surface area contributed by atoms with Crippen LogP contribution in [0.25, 0.3) is 5.69 Å². The number of likely N-dealkylation sites (tertiary alicyclic amines) is 1. The van der Waals surface area contributed by atoms with Gasteiger partial charge >= 0.3 is 5.76 Å². The summed E-state index contributed by atoms with van der Waals surface area (Å²) in [4.78, 5) is 14.0. The fraction of sp³-hybridized carbons (Fsp3) is 0.318. The molecular weight excluding hydrogens is 479 g/mol. The van der Waals surface area contributed by atoms with Gasteiger partial charge in [0.15, 0.2) is 6.26 Å². The second kappa shape index (κ2) is 8.32. The molecule has 1 saturated heterocycles. The third-order valence-electron chi connectivity index (χ3n) is 6.03. The van der Waals surface area contributed by atoms with E-state index >= 15 is 0 Å². The molecule has 3 atom stereocenters. The molecule has 2 aromatic carbocycles. The summed E-state index contributed by atoms with van der Waals surface area (Å²) in [6.45, 7) is 1.31. The molecule has 168 valence electrons. The first kappa shape index (κ1) is 21.7. The number of rotatable bonds is 4. The number of β-amino-alcohol motifs (C(OH)–C–C–N with tert-alkyl or cyclic N) is 1. The van der Waals surface area contributed by atoms with E-state index in [1.54, 1.807) is 18.2 Å². The molecule has 0 unspecified atom stereocenters. The van der Waals surface area contributed by atoms with Gasteiger partial charge in [-0.3, -0.25) is 4.90 Å². The van der Waals surface area contributed by atoms with Gasteiger partial charge in [0.2, 0.25) is 5.88 Å². The van der Waals surface area contributed by atoms with Crippen molar-refractivity contribution >= 4 is 34.8 Å². The number of oxazole rings is 1. The Morgan fingerprint density at radius 2 is 1.94 bits per heavy atom. The summed E-state index contributed by atoms with van der Waals surface area (Å²) in [5.74, 6) is -0.652. The maximum atomic E-state index is 11.8. The zero-order chi connectivity index (χ0) is 22.6. The first-order valence-electron chi connectivity index (χ1n) is 10.1. The quantitative estimate of drug-likeness (QED) is 0.561. The van der Waals surface area contributed by atoms with Crippen molar-refractivity contribution in [1.82, 2.24) is 9.47 Å². The second-order valence-electron chi connectivity index (χ2n) is 8.01. The van der Waals surface area contributed by atoms with E-state index in [0.29, 0.717) is 40.9 Å². The number of aromatic hydroxyl groups is 1. The Bertz CT molecular complexity index is 1240.